The molecule has 0 unspecified atom stereocenters. The van der Waals surface area contributed by atoms with E-state index in [0.29, 0.717) is 24.5 Å². The summed E-state index contributed by atoms with van der Waals surface area (Å²) in [6, 6.07) is 14.2. The minimum absolute atomic E-state index is 0.255. The van der Waals surface area contributed by atoms with Crippen molar-refractivity contribution in [3.63, 3.8) is 0 Å². The highest BCUT2D eigenvalue weighted by atomic mass is 19.1. The Morgan fingerprint density at radius 2 is 1.67 bits per heavy atom. The maximum Gasteiger partial charge on any atom is 0.338 e. The van der Waals surface area contributed by atoms with E-state index in [9.17, 15) is 9.18 Å². The molecule has 0 spiro atoms. The number of ether oxygens (including phenoxy) is 1. The Labute approximate surface area is 161 Å². The van der Waals surface area contributed by atoms with Gasteiger partial charge in [-0.1, -0.05) is 44.0 Å². The third kappa shape index (κ3) is 5.66. The highest BCUT2D eigenvalue weighted by Gasteiger charge is 2.22. The van der Waals surface area contributed by atoms with Gasteiger partial charge in [-0.3, -0.25) is 0 Å². The Bertz CT molecular complexity index is 713. The Morgan fingerprint density at radius 3 is 2.30 bits per heavy atom. The number of esters is 1. The average molecular weight is 368 g/mol. The Kier molecular flexibility index (Phi) is 7.03. The van der Waals surface area contributed by atoms with Crippen LogP contribution in [0.5, 0.6) is 0 Å². The molecule has 1 aliphatic carbocycles. The van der Waals surface area contributed by atoms with E-state index in [4.69, 9.17) is 4.74 Å². The molecule has 0 amide bonds. The number of benzene rings is 2. The molecule has 0 radical (unpaired) electrons. The fraction of sp³-hybridized carbons (Fsp3) is 0.458. The molecule has 0 atom stereocenters. The van der Waals surface area contributed by atoms with Gasteiger partial charge in [0, 0.05) is 6.42 Å². The first-order chi connectivity index (χ1) is 13.2. The predicted octanol–water partition coefficient (Wildman–Crippen LogP) is 6.30. The van der Waals surface area contributed by atoms with Crippen LogP contribution in [0.4, 0.5) is 4.39 Å². The summed E-state index contributed by atoms with van der Waals surface area (Å²) in [7, 11) is 0. The summed E-state index contributed by atoms with van der Waals surface area (Å²) in [5.74, 6) is 0.980. The number of carbonyl (C=O) groups is 1. The van der Waals surface area contributed by atoms with Crippen LogP contribution in [0, 0.1) is 11.7 Å². The van der Waals surface area contributed by atoms with Crippen molar-refractivity contribution in [2.24, 2.45) is 5.92 Å². The average Bonchev–Trinajstić information content (AvgIpc) is 2.70. The van der Waals surface area contributed by atoms with Gasteiger partial charge in [-0.25, -0.2) is 9.18 Å². The summed E-state index contributed by atoms with van der Waals surface area (Å²) in [4.78, 5) is 12.2. The van der Waals surface area contributed by atoms with Crippen LogP contribution >= 0.6 is 0 Å². The van der Waals surface area contributed by atoms with E-state index in [1.165, 1.54) is 56.2 Å². The van der Waals surface area contributed by atoms with Crippen molar-refractivity contribution in [3.05, 3.63) is 71.0 Å². The van der Waals surface area contributed by atoms with Crippen molar-refractivity contribution >= 4 is 5.97 Å². The van der Waals surface area contributed by atoms with Crippen LogP contribution in [0.2, 0.25) is 0 Å². The van der Waals surface area contributed by atoms with Crippen molar-refractivity contribution < 1.29 is 13.9 Å². The van der Waals surface area contributed by atoms with Crippen LogP contribution in [0.15, 0.2) is 48.5 Å². The van der Waals surface area contributed by atoms with Gasteiger partial charge in [0.25, 0.3) is 0 Å². The lowest BCUT2D eigenvalue weighted by Gasteiger charge is -2.28. The van der Waals surface area contributed by atoms with Gasteiger partial charge in [0.15, 0.2) is 0 Å². The largest absolute Gasteiger partial charge is 0.462 e. The lowest BCUT2D eigenvalue weighted by molar-refractivity contribution is 0.0509. The van der Waals surface area contributed by atoms with Crippen molar-refractivity contribution in [2.45, 2.75) is 57.8 Å². The van der Waals surface area contributed by atoms with Crippen LogP contribution in [-0.4, -0.2) is 12.6 Å². The van der Waals surface area contributed by atoms with Crippen molar-refractivity contribution in [3.8, 4) is 0 Å². The third-order valence-corrected chi connectivity index (χ3v) is 5.70. The van der Waals surface area contributed by atoms with Crippen LogP contribution in [0.25, 0.3) is 0 Å². The first-order valence-electron chi connectivity index (χ1n) is 10.2. The van der Waals surface area contributed by atoms with Gasteiger partial charge in [0.2, 0.25) is 0 Å². The zero-order valence-electron chi connectivity index (χ0n) is 16.1. The first-order valence-corrected chi connectivity index (χ1v) is 10.2. The van der Waals surface area contributed by atoms with Gasteiger partial charge >= 0.3 is 5.97 Å². The fourth-order valence-electron chi connectivity index (χ4n) is 4.08. The van der Waals surface area contributed by atoms with E-state index >= 15 is 0 Å². The molecule has 0 aromatic heterocycles. The summed E-state index contributed by atoms with van der Waals surface area (Å²) < 4.78 is 18.2. The Hall–Kier alpha value is -2.16. The van der Waals surface area contributed by atoms with Gasteiger partial charge in [-0.05, 0) is 72.9 Å². The molecule has 0 saturated heterocycles. The third-order valence-electron chi connectivity index (χ3n) is 5.70. The van der Waals surface area contributed by atoms with E-state index in [-0.39, 0.29) is 11.8 Å². The van der Waals surface area contributed by atoms with Crippen LogP contribution in [0.1, 0.15) is 72.9 Å². The Balaban J connectivity index is 1.46. The van der Waals surface area contributed by atoms with Gasteiger partial charge < -0.3 is 4.74 Å². The van der Waals surface area contributed by atoms with E-state index in [1.54, 1.807) is 12.1 Å². The van der Waals surface area contributed by atoms with Crippen LogP contribution < -0.4 is 0 Å². The van der Waals surface area contributed by atoms with Crippen molar-refractivity contribution in [2.75, 3.05) is 6.61 Å². The molecular formula is C24H29FO2. The van der Waals surface area contributed by atoms with Gasteiger partial charge in [0.05, 0.1) is 12.2 Å². The SMILES string of the molecule is CCC[C@H]1CC[C@H](c2ccc(C(=O)OCCc3ccc(F)cc3)cc2)CC1. The zero-order chi connectivity index (χ0) is 19.1. The lowest BCUT2D eigenvalue weighted by atomic mass is 9.77. The normalized spacial score (nSPS) is 19.6. The highest BCUT2D eigenvalue weighted by Crippen LogP contribution is 2.37. The second-order valence-electron chi connectivity index (χ2n) is 7.64. The van der Waals surface area contributed by atoms with Crippen LogP contribution in [-0.2, 0) is 11.2 Å². The van der Waals surface area contributed by atoms with E-state index in [0.717, 1.165) is 11.5 Å². The number of halogens is 1. The first kappa shape index (κ1) is 19.6. The van der Waals surface area contributed by atoms with Crippen molar-refractivity contribution in [1.29, 1.82) is 0 Å². The lowest BCUT2D eigenvalue weighted by Crippen LogP contribution is -2.13. The molecular weight excluding hydrogens is 339 g/mol. The molecule has 144 valence electrons. The molecule has 2 nitrogen and oxygen atoms in total. The standard InChI is InChI=1S/C24H29FO2/c1-2-3-18-4-8-20(9-5-18)21-10-12-22(13-11-21)24(26)27-17-16-19-6-14-23(25)15-7-19/h6-7,10-15,18,20H,2-5,8-9,16-17H2,1H3/t18-,20-. The fourth-order valence-corrected chi connectivity index (χ4v) is 4.08. The number of hydrogen-bond acceptors (Lipinski definition) is 2. The summed E-state index contributed by atoms with van der Waals surface area (Å²) in [6.45, 7) is 2.57. The molecule has 3 heteroatoms. The van der Waals surface area contributed by atoms with Crippen molar-refractivity contribution in [1.82, 2.24) is 0 Å². The molecule has 1 saturated carbocycles. The topological polar surface area (TPSA) is 26.3 Å². The molecule has 0 bridgehead atoms. The molecule has 1 fully saturated rings. The molecule has 2 aromatic carbocycles. The predicted molar refractivity (Wildman–Crippen MR) is 106 cm³/mol. The smallest absolute Gasteiger partial charge is 0.338 e. The maximum atomic E-state index is 12.9. The second-order valence-corrected chi connectivity index (χ2v) is 7.64. The molecule has 2 aromatic rings. The minimum atomic E-state index is -0.296. The summed E-state index contributed by atoms with van der Waals surface area (Å²) in [6.07, 6.45) is 8.39. The monoisotopic (exact) mass is 368 g/mol. The molecule has 0 heterocycles. The van der Waals surface area contributed by atoms with E-state index in [1.807, 2.05) is 12.1 Å². The number of hydrogen-bond donors (Lipinski definition) is 0. The number of rotatable bonds is 7. The maximum absolute atomic E-state index is 12.9. The summed E-state index contributed by atoms with van der Waals surface area (Å²) in [5, 5.41) is 0. The summed E-state index contributed by atoms with van der Waals surface area (Å²) >= 11 is 0. The molecule has 3 rings (SSSR count). The van der Waals surface area contributed by atoms with Gasteiger partial charge in [0.1, 0.15) is 5.82 Å². The van der Waals surface area contributed by atoms with Gasteiger partial charge in [-0.2, -0.15) is 0 Å². The quantitative estimate of drug-likeness (QED) is 0.536. The molecule has 0 N–H and O–H groups in total. The molecule has 1 aliphatic rings. The highest BCUT2D eigenvalue weighted by molar-refractivity contribution is 5.89. The van der Waals surface area contributed by atoms with E-state index < -0.39 is 0 Å². The number of carbonyl (C=O) groups excluding carboxylic acids is 1. The van der Waals surface area contributed by atoms with E-state index in [2.05, 4.69) is 19.1 Å². The minimum Gasteiger partial charge on any atom is -0.462 e. The summed E-state index contributed by atoms with van der Waals surface area (Å²) in [5.41, 5.74) is 2.89. The van der Waals surface area contributed by atoms with Gasteiger partial charge in [-0.15, -0.1) is 0 Å². The molecule has 27 heavy (non-hydrogen) atoms. The second kappa shape index (κ2) is 9.68. The molecule has 0 aliphatic heterocycles. The van der Waals surface area contributed by atoms with Crippen LogP contribution in [0.3, 0.4) is 0 Å². The Morgan fingerprint density at radius 1 is 1.00 bits per heavy atom. The zero-order valence-corrected chi connectivity index (χ0v) is 16.1.